The van der Waals surface area contributed by atoms with Crippen LogP contribution >= 0.6 is 0 Å². The fraction of sp³-hybridized carbons (Fsp3) is 1.00. The monoisotopic (exact) mass is 253 g/mol. The highest BCUT2D eigenvalue weighted by Crippen LogP contribution is 2.34. The topological polar surface area (TPSA) is 21.3 Å². The van der Waals surface area contributed by atoms with E-state index in [-0.39, 0.29) is 0 Å². The average molecular weight is 253 g/mol. The molecule has 1 saturated carbocycles. The van der Waals surface area contributed by atoms with Gasteiger partial charge in [-0.05, 0) is 57.4 Å². The molecule has 2 heteroatoms. The van der Waals surface area contributed by atoms with Crippen LogP contribution in [0.25, 0.3) is 0 Å². The Kier molecular flexibility index (Phi) is 5.97. The number of rotatable bonds is 6. The third-order valence-corrected chi connectivity index (χ3v) is 5.16. The van der Waals surface area contributed by atoms with Gasteiger partial charge in [0.2, 0.25) is 0 Å². The predicted molar refractivity (Wildman–Crippen MR) is 76.8 cm³/mol. The maximum atomic E-state index is 5.75. The van der Waals surface area contributed by atoms with E-state index in [1.165, 1.54) is 57.8 Å². The van der Waals surface area contributed by atoms with Crippen LogP contribution in [0.5, 0.6) is 0 Å². The van der Waals surface area contributed by atoms with Gasteiger partial charge >= 0.3 is 0 Å². The molecule has 0 aromatic carbocycles. The van der Waals surface area contributed by atoms with Crippen LogP contribution in [-0.4, -0.2) is 25.8 Å². The first kappa shape index (κ1) is 14.3. The predicted octanol–water partition coefficient (Wildman–Crippen LogP) is 3.75. The molecule has 1 aliphatic carbocycles. The summed E-state index contributed by atoms with van der Waals surface area (Å²) in [6.45, 7) is 3.35. The zero-order valence-corrected chi connectivity index (χ0v) is 12.3. The molecule has 4 atom stereocenters. The fourth-order valence-corrected chi connectivity index (χ4v) is 3.92. The van der Waals surface area contributed by atoms with Gasteiger partial charge in [0.1, 0.15) is 0 Å². The van der Waals surface area contributed by atoms with Crippen molar-refractivity contribution >= 4 is 0 Å². The highest BCUT2D eigenvalue weighted by atomic mass is 16.5. The number of hydrogen-bond acceptors (Lipinski definition) is 2. The molecule has 18 heavy (non-hydrogen) atoms. The summed E-state index contributed by atoms with van der Waals surface area (Å²) in [6, 6.07) is 0.726. The van der Waals surface area contributed by atoms with Gasteiger partial charge in [-0.2, -0.15) is 0 Å². The molecule has 0 amide bonds. The standard InChI is InChI=1S/C16H31NO/c1-3-13-6-4-7-14(12-13)16(17-2)10-9-15-8-5-11-18-15/h13-17H,3-12H2,1-2H3. The van der Waals surface area contributed by atoms with Crippen LogP contribution in [0.2, 0.25) is 0 Å². The maximum absolute atomic E-state index is 5.75. The third kappa shape index (κ3) is 3.96. The van der Waals surface area contributed by atoms with E-state index in [1.54, 1.807) is 0 Å². The van der Waals surface area contributed by atoms with Crippen molar-refractivity contribution in [2.24, 2.45) is 11.8 Å². The molecule has 0 aromatic rings. The molecular formula is C16H31NO. The van der Waals surface area contributed by atoms with Gasteiger partial charge in [0.25, 0.3) is 0 Å². The Bertz CT molecular complexity index is 225. The Morgan fingerprint density at radius 3 is 2.78 bits per heavy atom. The van der Waals surface area contributed by atoms with Gasteiger partial charge in [-0.3, -0.25) is 0 Å². The van der Waals surface area contributed by atoms with Crippen LogP contribution in [0.1, 0.15) is 64.7 Å². The van der Waals surface area contributed by atoms with Crippen molar-refractivity contribution in [2.75, 3.05) is 13.7 Å². The lowest BCUT2D eigenvalue weighted by atomic mass is 9.75. The highest BCUT2D eigenvalue weighted by molar-refractivity contribution is 4.82. The van der Waals surface area contributed by atoms with E-state index in [4.69, 9.17) is 4.74 Å². The molecule has 0 spiro atoms. The average Bonchev–Trinajstić information content (AvgIpc) is 2.93. The molecule has 1 N–H and O–H groups in total. The third-order valence-electron chi connectivity index (χ3n) is 5.16. The van der Waals surface area contributed by atoms with E-state index < -0.39 is 0 Å². The van der Waals surface area contributed by atoms with Crippen molar-refractivity contribution < 1.29 is 4.74 Å². The maximum Gasteiger partial charge on any atom is 0.0576 e. The molecule has 1 saturated heterocycles. The summed E-state index contributed by atoms with van der Waals surface area (Å²) in [5.74, 6) is 1.90. The first-order chi connectivity index (χ1) is 8.83. The highest BCUT2D eigenvalue weighted by Gasteiger charge is 2.27. The summed E-state index contributed by atoms with van der Waals surface area (Å²) in [6.07, 6.45) is 12.9. The van der Waals surface area contributed by atoms with Crippen LogP contribution in [0.4, 0.5) is 0 Å². The van der Waals surface area contributed by atoms with Crippen LogP contribution in [-0.2, 0) is 4.74 Å². The van der Waals surface area contributed by atoms with Crippen molar-refractivity contribution in [1.82, 2.24) is 5.32 Å². The SMILES string of the molecule is CCC1CCCC(C(CCC2CCCO2)NC)C1. The minimum absolute atomic E-state index is 0.561. The van der Waals surface area contributed by atoms with Crippen LogP contribution in [0, 0.1) is 11.8 Å². The minimum atomic E-state index is 0.561. The summed E-state index contributed by atoms with van der Waals surface area (Å²) in [4.78, 5) is 0. The molecule has 2 aliphatic rings. The van der Waals surface area contributed by atoms with Gasteiger partial charge in [0.15, 0.2) is 0 Å². The second kappa shape index (κ2) is 7.49. The first-order valence-electron chi connectivity index (χ1n) is 8.12. The fourth-order valence-electron chi connectivity index (χ4n) is 3.92. The molecular weight excluding hydrogens is 222 g/mol. The summed E-state index contributed by atoms with van der Waals surface area (Å²) < 4.78 is 5.75. The Morgan fingerprint density at radius 2 is 2.11 bits per heavy atom. The molecule has 0 bridgehead atoms. The summed E-state index contributed by atoms with van der Waals surface area (Å²) in [5.41, 5.74) is 0. The second-order valence-electron chi connectivity index (χ2n) is 6.31. The van der Waals surface area contributed by atoms with Crippen molar-refractivity contribution in [3.05, 3.63) is 0 Å². The molecule has 2 nitrogen and oxygen atoms in total. The summed E-state index contributed by atoms with van der Waals surface area (Å²) in [7, 11) is 2.15. The normalized spacial score (nSPS) is 34.7. The van der Waals surface area contributed by atoms with Gasteiger partial charge in [0.05, 0.1) is 6.10 Å². The summed E-state index contributed by atoms with van der Waals surface area (Å²) >= 11 is 0. The van der Waals surface area contributed by atoms with Gasteiger partial charge in [-0.15, -0.1) is 0 Å². The van der Waals surface area contributed by atoms with E-state index in [9.17, 15) is 0 Å². The number of nitrogens with one attached hydrogen (secondary N) is 1. The lowest BCUT2D eigenvalue weighted by molar-refractivity contribution is 0.0945. The molecule has 1 aliphatic heterocycles. The molecule has 2 rings (SSSR count). The van der Waals surface area contributed by atoms with E-state index in [0.717, 1.165) is 24.5 Å². The Morgan fingerprint density at radius 1 is 1.22 bits per heavy atom. The lowest BCUT2D eigenvalue weighted by Crippen LogP contribution is -2.37. The summed E-state index contributed by atoms with van der Waals surface area (Å²) in [5, 5.41) is 3.58. The van der Waals surface area contributed by atoms with Crippen LogP contribution in [0.3, 0.4) is 0 Å². The smallest absolute Gasteiger partial charge is 0.0576 e. The Balaban J connectivity index is 1.75. The van der Waals surface area contributed by atoms with Crippen molar-refractivity contribution in [3.8, 4) is 0 Å². The van der Waals surface area contributed by atoms with Gasteiger partial charge < -0.3 is 10.1 Å². The van der Waals surface area contributed by atoms with Crippen LogP contribution in [0.15, 0.2) is 0 Å². The Hall–Kier alpha value is -0.0800. The first-order valence-corrected chi connectivity index (χ1v) is 8.12. The Labute approximate surface area is 113 Å². The van der Waals surface area contributed by atoms with Gasteiger partial charge in [-0.25, -0.2) is 0 Å². The molecule has 2 fully saturated rings. The zero-order valence-electron chi connectivity index (χ0n) is 12.3. The van der Waals surface area contributed by atoms with E-state index in [2.05, 4.69) is 19.3 Å². The number of hydrogen-bond donors (Lipinski definition) is 1. The zero-order chi connectivity index (χ0) is 12.8. The van der Waals surface area contributed by atoms with Crippen molar-refractivity contribution in [3.63, 3.8) is 0 Å². The molecule has 106 valence electrons. The minimum Gasteiger partial charge on any atom is -0.378 e. The van der Waals surface area contributed by atoms with Crippen molar-refractivity contribution in [1.29, 1.82) is 0 Å². The van der Waals surface area contributed by atoms with E-state index in [0.29, 0.717) is 6.10 Å². The molecule has 0 aromatic heterocycles. The molecule has 1 heterocycles. The molecule has 4 unspecified atom stereocenters. The quantitative estimate of drug-likeness (QED) is 0.778. The van der Waals surface area contributed by atoms with E-state index in [1.807, 2.05) is 0 Å². The second-order valence-corrected chi connectivity index (χ2v) is 6.31. The molecule has 0 radical (unpaired) electrons. The largest absolute Gasteiger partial charge is 0.378 e. The van der Waals surface area contributed by atoms with Gasteiger partial charge in [-0.1, -0.05) is 26.2 Å². The van der Waals surface area contributed by atoms with Gasteiger partial charge in [0, 0.05) is 12.6 Å². The van der Waals surface area contributed by atoms with E-state index >= 15 is 0 Å². The number of ether oxygens (including phenoxy) is 1. The lowest BCUT2D eigenvalue weighted by Gasteiger charge is -2.34. The van der Waals surface area contributed by atoms with Crippen LogP contribution < -0.4 is 5.32 Å². The van der Waals surface area contributed by atoms with Crippen molar-refractivity contribution in [2.45, 2.75) is 76.9 Å².